The molecule has 0 aliphatic rings. The van der Waals surface area contributed by atoms with Gasteiger partial charge in [0.05, 0.1) is 22.8 Å². The number of rotatable bonds is 5. The highest BCUT2D eigenvalue weighted by molar-refractivity contribution is 5.87. The van der Waals surface area contributed by atoms with Crippen LogP contribution >= 0.6 is 0 Å². The van der Waals surface area contributed by atoms with E-state index in [1.165, 1.54) is 6.33 Å². The summed E-state index contributed by atoms with van der Waals surface area (Å²) < 4.78 is 8.15. The van der Waals surface area contributed by atoms with Crippen molar-refractivity contribution in [2.24, 2.45) is 0 Å². The maximum absolute atomic E-state index is 6.21. The summed E-state index contributed by atoms with van der Waals surface area (Å²) in [7, 11) is 1.85. The number of fused-ring (bicyclic) bond motifs is 2. The van der Waals surface area contributed by atoms with Crippen molar-refractivity contribution in [3.05, 3.63) is 72.9 Å². The second-order valence-electron chi connectivity index (χ2n) is 7.22. The molecular weight excluding hydrogens is 390 g/mol. The van der Waals surface area contributed by atoms with Gasteiger partial charge in [0.15, 0.2) is 0 Å². The van der Waals surface area contributed by atoms with E-state index in [9.17, 15) is 0 Å². The van der Waals surface area contributed by atoms with E-state index in [1.54, 1.807) is 6.20 Å². The van der Waals surface area contributed by atoms with Crippen LogP contribution in [-0.2, 0) is 0 Å². The number of anilines is 2. The Bertz CT molecular complexity index is 1400. The second kappa shape index (κ2) is 7.56. The number of nitrogens with zero attached hydrogens (tertiary/aromatic N) is 5. The highest BCUT2D eigenvalue weighted by Crippen LogP contribution is 2.27. The molecule has 0 bridgehead atoms. The van der Waals surface area contributed by atoms with Gasteiger partial charge in [0.1, 0.15) is 35.5 Å². The summed E-state index contributed by atoms with van der Waals surface area (Å²) in [6.07, 6.45) is 6.76. The first-order valence-electron chi connectivity index (χ1n) is 9.90. The molecule has 31 heavy (non-hydrogen) atoms. The highest BCUT2D eigenvalue weighted by Gasteiger charge is 2.13. The van der Waals surface area contributed by atoms with Crippen molar-refractivity contribution in [2.45, 2.75) is 13.0 Å². The second-order valence-corrected chi connectivity index (χ2v) is 7.22. The zero-order chi connectivity index (χ0) is 21.4. The summed E-state index contributed by atoms with van der Waals surface area (Å²) in [5.74, 6) is 2.02. The largest absolute Gasteiger partial charge is 0.486 e. The van der Waals surface area contributed by atoms with Crippen LogP contribution in [0, 0.1) is 0 Å². The lowest BCUT2D eigenvalue weighted by molar-refractivity contribution is 0.227. The van der Waals surface area contributed by atoms with E-state index in [2.05, 4.69) is 25.3 Å². The van der Waals surface area contributed by atoms with Crippen LogP contribution in [-0.4, -0.2) is 31.6 Å². The van der Waals surface area contributed by atoms with Gasteiger partial charge in [0.2, 0.25) is 0 Å². The number of ether oxygens (including phenoxy) is 1. The van der Waals surface area contributed by atoms with Crippen LogP contribution in [0.15, 0.2) is 67.4 Å². The van der Waals surface area contributed by atoms with Crippen molar-refractivity contribution >= 4 is 33.6 Å². The molecule has 8 heteroatoms. The molecule has 154 valence electrons. The fourth-order valence-electron chi connectivity index (χ4n) is 3.56. The first-order valence-corrected chi connectivity index (χ1v) is 9.90. The topological polar surface area (TPSA) is 104 Å². The van der Waals surface area contributed by atoms with Gasteiger partial charge in [-0.3, -0.25) is 9.55 Å². The number of hydrogen-bond donors (Lipinski definition) is 2. The van der Waals surface area contributed by atoms with E-state index in [4.69, 9.17) is 10.5 Å². The van der Waals surface area contributed by atoms with Crippen LogP contribution < -0.4 is 15.8 Å². The number of benzene rings is 1. The molecule has 3 N–H and O–H groups in total. The monoisotopic (exact) mass is 411 g/mol. The van der Waals surface area contributed by atoms with Gasteiger partial charge in [-0.1, -0.05) is 0 Å². The Morgan fingerprint density at radius 2 is 1.94 bits per heavy atom. The van der Waals surface area contributed by atoms with Crippen LogP contribution in [0.1, 0.15) is 18.6 Å². The maximum Gasteiger partial charge on any atom is 0.150 e. The number of pyridine rings is 2. The zero-order valence-corrected chi connectivity index (χ0v) is 17.1. The number of nitrogens with two attached hydrogens (primary N) is 1. The number of hydrogen-bond acceptors (Lipinski definition) is 7. The first kappa shape index (κ1) is 18.8. The molecule has 0 aliphatic carbocycles. The van der Waals surface area contributed by atoms with E-state index in [-0.39, 0.29) is 6.10 Å². The Morgan fingerprint density at radius 1 is 1.06 bits per heavy atom. The minimum atomic E-state index is -0.209. The van der Waals surface area contributed by atoms with Gasteiger partial charge in [-0.25, -0.2) is 15.0 Å². The Kier molecular flexibility index (Phi) is 4.59. The van der Waals surface area contributed by atoms with Crippen LogP contribution in [0.2, 0.25) is 0 Å². The minimum absolute atomic E-state index is 0.209. The lowest BCUT2D eigenvalue weighted by Gasteiger charge is -2.16. The van der Waals surface area contributed by atoms with Crippen molar-refractivity contribution in [3.63, 3.8) is 0 Å². The van der Waals surface area contributed by atoms with E-state index in [0.717, 1.165) is 44.8 Å². The third-order valence-corrected chi connectivity index (χ3v) is 5.24. The highest BCUT2D eigenvalue weighted by atomic mass is 16.5. The summed E-state index contributed by atoms with van der Waals surface area (Å²) >= 11 is 0. The van der Waals surface area contributed by atoms with Crippen molar-refractivity contribution in [2.75, 3.05) is 18.1 Å². The first-order chi connectivity index (χ1) is 15.1. The lowest BCUT2D eigenvalue weighted by Crippen LogP contribution is -2.05. The molecule has 4 aromatic heterocycles. The number of aromatic nitrogens is 5. The summed E-state index contributed by atoms with van der Waals surface area (Å²) in [5, 5.41) is 4.93. The molecule has 0 spiro atoms. The van der Waals surface area contributed by atoms with Gasteiger partial charge in [-0.15, -0.1) is 0 Å². The molecule has 8 nitrogen and oxygen atoms in total. The smallest absolute Gasteiger partial charge is 0.150 e. The van der Waals surface area contributed by atoms with Crippen molar-refractivity contribution in [1.29, 1.82) is 0 Å². The van der Waals surface area contributed by atoms with Crippen molar-refractivity contribution in [3.8, 4) is 11.4 Å². The van der Waals surface area contributed by atoms with Gasteiger partial charge in [-0.05, 0) is 43.3 Å². The molecule has 0 saturated carbocycles. The van der Waals surface area contributed by atoms with Crippen LogP contribution in [0.3, 0.4) is 0 Å². The van der Waals surface area contributed by atoms with Gasteiger partial charge < -0.3 is 15.8 Å². The predicted octanol–water partition coefficient (Wildman–Crippen LogP) is 4.13. The molecule has 0 fully saturated rings. The molecular formula is C23H21N7O. The standard InChI is InChI=1S/C23H21N7O/c1-14(31-18-5-3-15-4-6-21(25-2)29-20(15)10-18)16-9-17(12-26-11-16)30-8-7-19-22(24)27-13-28-23(19)30/h3-14H,1-2H3,(H,25,29)(H2,24,27,28). The maximum atomic E-state index is 6.21. The third kappa shape index (κ3) is 3.48. The Balaban J connectivity index is 1.44. The quantitative estimate of drug-likeness (QED) is 0.448. The van der Waals surface area contributed by atoms with Gasteiger partial charge in [0.25, 0.3) is 0 Å². The molecule has 0 aliphatic heterocycles. The molecule has 0 radical (unpaired) electrons. The summed E-state index contributed by atoms with van der Waals surface area (Å²) in [6.45, 7) is 2.00. The molecule has 1 aromatic carbocycles. The van der Waals surface area contributed by atoms with Gasteiger partial charge in [-0.2, -0.15) is 0 Å². The third-order valence-electron chi connectivity index (χ3n) is 5.24. The molecule has 4 heterocycles. The number of nitrogen functional groups attached to an aromatic ring is 1. The molecule has 0 amide bonds. The average molecular weight is 411 g/mol. The van der Waals surface area contributed by atoms with E-state index in [1.807, 2.05) is 73.4 Å². The summed E-state index contributed by atoms with van der Waals surface area (Å²) in [4.78, 5) is 17.4. The fraction of sp³-hybridized carbons (Fsp3) is 0.130. The van der Waals surface area contributed by atoms with Gasteiger partial charge >= 0.3 is 0 Å². The van der Waals surface area contributed by atoms with Crippen LogP contribution in [0.5, 0.6) is 5.75 Å². The number of nitrogens with one attached hydrogen (secondary N) is 1. The van der Waals surface area contributed by atoms with E-state index >= 15 is 0 Å². The van der Waals surface area contributed by atoms with Crippen LogP contribution in [0.4, 0.5) is 11.6 Å². The zero-order valence-electron chi connectivity index (χ0n) is 17.1. The van der Waals surface area contributed by atoms with E-state index in [0.29, 0.717) is 5.82 Å². The molecule has 5 rings (SSSR count). The van der Waals surface area contributed by atoms with Crippen molar-refractivity contribution < 1.29 is 4.74 Å². The van der Waals surface area contributed by atoms with Crippen LogP contribution in [0.25, 0.3) is 27.6 Å². The van der Waals surface area contributed by atoms with E-state index < -0.39 is 0 Å². The molecule has 0 saturated heterocycles. The SMILES string of the molecule is CNc1ccc2ccc(OC(C)c3cncc(-n4ccc5c(N)ncnc54)c3)cc2n1. The Hall–Kier alpha value is -4.20. The predicted molar refractivity (Wildman–Crippen MR) is 121 cm³/mol. The minimum Gasteiger partial charge on any atom is -0.486 e. The Labute approximate surface area is 178 Å². The summed E-state index contributed by atoms with van der Waals surface area (Å²) in [6, 6.07) is 13.8. The lowest BCUT2D eigenvalue weighted by atomic mass is 10.1. The summed E-state index contributed by atoms with van der Waals surface area (Å²) in [5.41, 5.74) is 9.39. The van der Waals surface area contributed by atoms with Gasteiger partial charge in [0, 0.05) is 36.5 Å². The average Bonchev–Trinajstić information content (AvgIpc) is 3.24. The molecule has 1 unspecified atom stereocenters. The normalized spacial score (nSPS) is 12.2. The fourth-order valence-corrected chi connectivity index (χ4v) is 3.56. The molecule has 1 atom stereocenters. The van der Waals surface area contributed by atoms with Crippen molar-refractivity contribution in [1.82, 2.24) is 24.5 Å². The molecule has 5 aromatic rings. The Morgan fingerprint density at radius 3 is 2.81 bits per heavy atom.